The maximum atomic E-state index is 4.78. The molecule has 1 rings (SSSR count). The quantitative estimate of drug-likeness (QED) is 0.425. The first kappa shape index (κ1) is 5.88. The minimum absolute atomic E-state index is 1.51. The van der Waals surface area contributed by atoms with Crippen molar-refractivity contribution in [3.63, 3.8) is 0 Å². The molecule has 0 saturated heterocycles. The van der Waals surface area contributed by atoms with Gasteiger partial charge in [-0.25, -0.2) is 0 Å². The van der Waals surface area contributed by atoms with Crippen molar-refractivity contribution >= 4 is 6.21 Å². The first-order valence-electron chi connectivity index (χ1n) is 2.72. The minimum Gasteiger partial charge on any atom is -0.264 e. The Hall–Kier alpha value is -1.25. The summed E-state index contributed by atoms with van der Waals surface area (Å²) in [6.07, 6.45) is 5.12. The highest BCUT2D eigenvalue weighted by atomic mass is 16.8. The van der Waals surface area contributed by atoms with Crippen molar-refractivity contribution in [1.82, 2.24) is 4.73 Å². The van der Waals surface area contributed by atoms with Crippen LogP contribution in [0.5, 0.6) is 0 Å². The highest BCUT2D eigenvalue weighted by Gasteiger charge is 1.80. The highest BCUT2D eigenvalue weighted by Crippen LogP contribution is 1.84. The topological polar surface area (TPSA) is 26.5 Å². The number of oxime groups is 1. The predicted octanol–water partition coefficient (Wildman–Crippen LogP) is 0.922. The Bertz CT molecular complexity index is 179. The molecular weight excluding hydrogens is 116 g/mol. The summed E-state index contributed by atoms with van der Waals surface area (Å²) in [5, 5.41) is 3.55. The van der Waals surface area contributed by atoms with Crippen LogP contribution >= 0.6 is 0 Å². The van der Waals surface area contributed by atoms with Crippen LogP contribution in [0.4, 0.5) is 0 Å². The van der Waals surface area contributed by atoms with E-state index in [0.29, 0.717) is 0 Å². The van der Waals surface area contributed by atoms with Gasteiger partial charge in [0, 0.05) is 18.6 Å². The van der Waals surface area contributed by atoms with Crippen molar-refractivity contribution in [2.45, 2.75) is 6.92 Å². The van der Waals surface area contributed by atoms with Crippen molar-refractivity contribution in [3.8, 4) is 0 Å². The molecule has 3 heteroatoms. The molecule has 0 saturated carbocycles. The van der Waals surface area contributed by atoms with E-state index in [1.807, 2.05) is 12.1 Å². The Kier molecular flexibility index (Phi) is 1.90. The van der Waals surface area contributed by atoms with E-state index in [4.69, 9.17) is 4.94 Å². The number of nitrogens with zero attached hydrogens (tertiary/aromatic N) is 2. The van der Waals surface area contributed by atoms with E-state index in [-0.39, 0.29) is 0 Å². The fraction of sp³-hybridized carbons (Fsp3) is 0.167. The molecular formula is C6H8N2O. The van der Waals surface area contributed by atoms with E-state index >= 15 is 0 Å². The Morgan fingerprint density at radius 2 is 2.11 bits per heavy atom. The van der Waals surface area contributed by atoms with Crippen molar-refractivity contribution in [1.29, 1.82) is 0 Å². The monoisotopic (exact) mass is 124 g/mol. The standard InChI is InChI=1S/C6H8N2O/c1-2-7-9-8-5-3-4-6-8/h2-6H,1H3. The Labute approximate surface area is 53.5 Å². The van der Waals surface area contributed by atoms with Crippen molar-refractivity contribution in [2.75, 3.05) is 0 Å². The van der Waals surface area contributed by atoms with E-state index in [0.717, 1.165) is 0 Å². The molecule has 0 aliphatic rings. The predicted molar refractivity (Wildman–Crippen MR) is 35.2 cm³/mol. The van der Waals surface area contributed by atoms with Gasteiger partial charge in [-0.2, -0.15) is 4.73 Å². The SMILES string of the molecule is CC=NOn1cccc1. The Morgan fingerprint density at radius 1 is 1.44 bits per heavy atom. The normalized spacial score (nSPS) is 10.3. The van der Waals surface area contributed by atoms with Crippen LogP contribution < -0.4 is 4.94 Å². The second-order valence-electron chi connectivity index (χ2n) is 1.49. The van der Waals surface area contributed by atoms with E-state index < -0.39 is 0 Å². The number of hydrogen-bond donors (Lipinski definition) is 0. The highest BCUT2D eigenvalue weighted by molar-refractivity contribution is 5.52. The van der Waals surface area contributed by atoms with E-state index in [1.165, 1.54) is 4.73 Å². The first-order chi connectivity index (χ1) is 4.43. The molecule has 0 unspecified atom stereocenters. The third-order valence-corrected chi connectivity index (χ3v) is 0.824. The van der Waals surface area contributed by atoms with Gasteiger partial charge in [0.1, 0.15) is 0 Å². The fourth-order valence-corrected chi connectivity index (χ4v) is 0.475. The van der Waals surface area contributed by atoms with Gasteiger partial charge < -0.3 is 0 Å². The summed E-state index contributed by atoms with van der Waals surface area (Å²) in [4.78, 5) is 4.78. The molecule has 3 nitrogen and oxygen atoms in total. The van der Waals surface area contributed by atoms with Crippen LogP contribution in [0.2, 0.25) is 0 Å². The Morgan fingerprint density at radius 3 is 2.67 bits per heavy atom. The number of rotatable bonds is 2. The van der Waals surface area contributed by atoms with Gasteiger partial charge in [0.05, 0.1) is 0 Å². The van der Waals surface area contributed by atoms with Gasteiger partial charge in [0.25, 0.3) is 0 Å². The molecule has 0 atom stereocenters. The van der Waals surface area contributed by atoms with Gasteiger partial charge in [-0.1, -0.05) is 5.16 Å². The minimum atomic E-state index is 1.51. The first-order valence-corrected chi connectivity index (χ1v) is 2.72. The van der Waals surface area contributed by atoms with Gasteiger partial charge >= 0.3 is 0 Å². The van der Waals surface area contributed by atoms with Crippen LogP contribution in [0.25, 0.3) is 0 Å². The summed E-state index contributed by atoms with van der Waals surface area (Å²) >= 11 is 0. The van der Waals surface area contributed by atoms with E-state index in [9.17, 15) is 0 Å². The molecule has 1 heterocycles. The molecule has 9 heavy (non-hydrogen) atoms. The number of aromatic nitrogens is 1. The summed E-state index contributed by atoms with van der Waals surface area (Å²) in [5.74, 6) is 0. The summed E-state index contributed by atoms with van der Waals surface area (Å²) in [6.45, 7) is 1.80. The van der Waals surface area contributed by atoms with Gasteiger partial charge in [-0.15, -0.1) is 0 Å². The van der Waals surface area contributed by atoms with Gasteiger partial charge in [-0.3, -0.25) is 4.94 Å². The molecule has 0 spiro atoms. The van der Waals surface area contributed by atoms with Crippen LogP contribution in [0, 0.1) is 0 Å². The molecule has 1 aromatic rings. The molecule has 0 aliphatic heterocycles. The van der Waals surface area contributed by atoms with Crippen LogP contribution in [0.3, 0.4) is 0 Å². The van der Waals surface area contributed by atoms with Gasteiger partial charge in [-0.05, 0) is 19.1 Å². The van der Waals surface area contributed by atoms with Crippen LogP contribution in [-0.4, -0.2) is 10.9 Å². The molecule has 0 fully saturated rings. The molecule has 0 N–H and O–H groups in total. The second kappa shape index (κ2) is 2.91. The van der Waals surface area contributed by atoms with E-state index in [1.54, 1.807) is 25.5 Å². The van der Waals surface area contributed by atoms with Gasteiger partial charge in [0.2, 0.25) is 0 Å². The van der Waals surface area contributed by atoms with Crippen LogP contribution in [0.15, 0.2) is 29.7 Å². The largest absolute Gasteiger partial charge is 0.264 e. The van der Waals surface area contributed by atoms with Crippen molar-refractivity contribution in [2.24, 2.45) is 5.16 Å². The van der Waals surface area contributed by atoms with Crippen molar-refractivity contribution < 1.29 is 4.94 Å². The lowest BCUT2D eigenvalue weighted by molar-refractivity contribution is 0.120. The molecule has 0 bridgehead atoms. The molecule has 0 amide bonds. The van der Waals surface area contributed by atoms with Gasteiger partial charge in [0.15, 0.2) is 0 Å². The summed E-state index contributed by atoms with van der Waals surface area (Å²) in [6, 6.07) is 3.73. The summed E-state index contributed by atoms with van der Waals surface area (Å²) < 4.78 is 1.51. The zero-order valence-electron chi connectivity index (χ0n) is 5.19. The van der Waals surface area contributed by atoms with Crippen molar-refractivity contribution in [3.05, 3.63) is 24.5 Å². The third kappa shape index (κ3) is 1.60. The maximum Gasteiger partial charge on any atom is 0.0465 e. The molecule has 1 aromatic heterocycles. The zero-order chi connectivity index (χ0) is 6.53. The average Bonchev–Trinajstić information content (AvgIpc) is 2.34. The third-order valence-electron chi connectivity index (χ3n) is 0.824. The summed E-state index contributed by atoms with van der Waals surface area (Å²) in [7, 11) is 0. The lowest BCUT2D eigenvalue weighted by Gasteiger charge is -1.93. The second-order valence-corrected chi connectivity index (χ2v) is 1.49. The number of hydrogen-bond acceptors (Lipinski definition) is 2. The molecule has 0 aromatic carbocycles. The molecule has 48 valence electrons. The van der Waals surface area contributed by atoms with Crippen LogP contribution in [0.1, 0.15) is 6.92 Å². The fourth-order valence-electron chi connectivity index (χ4n) is 0.475. The average molecular weight is 124 g/mol. The molecule has 0 radical (unpaired) electrons. The van der Waals surface area contributed by atoms with Crippen LogP contribution in [-0.2, 0) is 0 Å². The molecule has 0 aliphatic carbocycles. The smallest absolute Gasteiger partial charge is 0.0465 e. The Balaban J connectivity index is 2.48. The lowest BCUT2D eigenvalue weighted by atomic mass is 10.7. The maximum absolute atomic E-state index is 4.78. The lowest BCUT2D eigenvalue weighted by Crippen LogP contribution is -2.00. The zero-order valence-corrected chi connectivity index (χ0v) is 5.19. The van der Waals surface area contributed by atoms with E-state index in [2.05, 4.69) is 5.16 Å². The summed E-state index contributed by atoms with van der Waals surface area (Å²) in [5.41, 5.74) is 0.